The van der Waals surface area contributed by atoms with Gasteiger partial charge in [0.25, 0.3) is 0 Å². The molecule has 6 heteroatoms. The number of nitrogens with one attached hydrogen (secondary N) is 2. The SMILES string of the molecule is CCC1(C(=O)N[C@H](CO)C(=O)O)CCCN1. The van der Waals surface area contributed by atoms with Gasteiger partial charge in [-0.15, -0.1) is 0 Å². The van der Waals surface area contributed by atoms with E-state index < -0.39 is 24.2 Å². The van der Waals surface area contributed by atoms with Crippen molar-refractivity contribution in [1.82, 2.24) is 10.6 Å². The summed E-state index contributed by atoms with van der Waals surface area (Å²) in [5.41, 5.74) is -0.664. The molecule has 1 heterocycles. The van der Waals surface area contributed by atoms with Gasteiger partial charge in [0.1, 0.15) is 6.04 Å². The second kappa shape index (κ2) is 5.27. The normalized spacial score (nSPS) is 26.4. The molecule has 1 amide bonds. The lowest BCUT2D eigenvalue weighted by molar-refractivity contribution is -0.144. The average Bonchev–Trinajstić information content (AvgIpc) is 2.74. The molecule has 1 unspecified atom stereocenters. The maximum atomic E-state index is 11.9. The lowest BCUT2D eigenvalue weighted by atomic mass is 9.93. The fourth-order valence-corrected chi connectivity index (χ4v) is 1.94. The predicted octanol–water partition coefficient (Wildman–Crippen LogP) is -0.920. The van der Waals surface area contributed by atoms with Gasteiger partial charge in [-0.2, -0.15) is 0 Å². The van der Waals surface area contributed by atoms with Crippen molar-refractivity contribution in [3.05, 3.63) is 0 Å². The summed E-state index contributed by atoms with van der Waals surface area (Å²) >= 11 is 0. The highest BCUT2D eigenvalue weighted by Crippen LogP contribution is 2.23. The minimum atomic E-state index is -1.22. The smallest absolute Gasteiger partial charge is 0.328 e. The number of aliphatic hydroxyl groups excluding tert-OH is 1. The van der Waals surface area contributed by atoms with Gasteiger partial charge in [-0.1, -0.05) is 6.92 Å². The zero-order chi connectivity index (χ0) is 12.2. The molecule has 0 saturated carbocycles. The van der Waals surface area contributed by atoms with Crippen LogP contribution in [0.25, 0.3) is 0 Å². The molecule has 1 rings (SSSR count). The van der Waals surface area contributed by atoms with Crippen molar-refractivity contribution in [2.45, 2.75) is 37.8 Å². The van der Waals surface area contributed by atoms with Crippen LogP contribution in [-0.2, 0) is 9.59 Å². The molecule has 1 saturated heterocycles. The molecule has 92 valence electrons. The number of aliphatic carboxylic acids is 1. The van der Waals surface area contributed by atoms with Crippen molar-refractivity contribution in [1.29, 1.82) is 0 Å². The Balaban J connectivity index is 2.65. The van der Waals surface area contributed by atoms with Crippen LogP contribution in [0.1, 0.15) is 26.2 Å². The Labute approximate surface area is 94.0 Å². The quantitative estimate of drug-likeness (QED) is 0.489. The van der Waals surface area contributed by atoms with Crippen LogP contribution < -0.4 is 10.6 Å². The van der Waals surface area contributed by atoms with Crippen LogP contribution in [0.3, 0.4) is 0 Å². The number of hydrogen-bond acceptors (Lipinski definition) is 4. The van der Waals surface area contributed by atoms with Gasteiger partial charge in [-0.25, -0.2) is 4.79 Å². The van der Waals surface area contributed by atoms with Gasteiger partial charge in [-0.3, -0.25) is 4.79 Å². The van der Waals surface area contributed by atoms with Crippen molar-refractivity contribution in [3.63, 3.8) is 0 Å². The van der Waals surface area contributed by atoms with Crippen molar-refractivity contribution >= 4 is 11.9 Å². The first-order chi connectivity index (χ1) is 7.55. The minimum absolute atomic E-state index is 0.339. The van der Waals surface area contributed by atoms with Crippen LogP contribution >= 0.6 is 0 Å². The third kappa shape index (κ3) is 2.51. The van der Waals surface area contributed by atoms with Crippen LogP contribution in [0, 0.1) is 0 Å². The summed E-state index contributed by atoms with van der Waals surface area (Å²) in [6, 6.07) is -1.22. The Kier molecular flexibility index (Phi) is 4.26. The van der Waals surface area contributed by atoms with Crippen molar-refractivity contribution in [3.8, 4) is 0 Å². The topological polar surface area (TPSA) is 98.7 Å². The van der Waals surface area contributed by atoms with E-state index in [0.29, 0.717) is 12.8 Å². The van der Waals surface area contributed by atoms with Gasteiger partial charge >= 0.3 is 5.97 Å². The highest BCUT2D eigenvalue weighted by molar-refractivity contribution is 5.90. The highest BCUT2D eigenvalue weighted by Gasteiger charge is 2.40. The highest BCUT2D eigenvalue weighted by atomic mass is 16.4. The molecule has 0 aromatic heterocycles. The largest absolute Gasteiger partial charge is 0.480 e. The maximum Gasteiger partial charge on any atom is 0.328 e. The summed E-state index contributed by atoms with van der Waals surface area (Å²) in [6.07, 6.45) is 2.21. The Morgan fingerprint density at radius 1 is 1.56 bits per heavy atom. The molecule has 16 heavy (non-hydrogen) atoms. The lowest BCUT2D eigenvalue weighted by Crippen LogP contribution is -2.57. The first-order valence-corrected chi connectivity index (χ1v) is 5.45. The van der Waals surface area contributed by atoms with Crippen molar-refractivity contribution in [2.75, 3.05) is 13.2 Å². The van der Waals surface area contributed by atoms with E-state index in [1.54, 1.807) is 0 Å². The standard InChI is InChI=1S/C10H18N2O4/c1-2-10(4-3-5-11-10)9(16)12-7(6-13)8(14)15/h7,11,13H,2-6H2,1H3,(H,12,16)(H,14,15)/t7-,10?/m1/s1. The molecule has 1 aliphatic heterocycles. The third-order valence-electron chi connectivity index (χ3n) is 3.07. The molecule has 0 aromatic carbocycles. The first-order valence-electron chi connectivity index (χ1n) is 5.45. The fraction of sp³-hybridized carbons (Fsp3) is 0.800. The molecule has 0 spiro atoms. The van der Waals surface area contributed by atoms with E-state index in [4.69, 9.17) is 10.2 Å². The second-order valence-electron chi connectivity index (χ2n) is 4.01. The van der Waals surface area contributed by atoms with E-state index in [-0.39, 0.29) is 5.91 Å². The minimum Gasteiger partial charge on any atom is -0.480 e. The third-order valence-corrected chi connectivity index (χ3v) is 3.07. The number of amides is 1. The monoisotopic (exact) mass is 230 g/mol. The van der Waals surface area contributed by atoms with Crippen LogP contribution in [0.2, 0.25) is 0 Å². The van der Waals surface area contributed by atoms with E-state index in [9.17, 15) is 9.59 Å². The molecule has 0 bridgehead atoms. The molecule has 2 atom stereocenters. The van der Waals surface area contributed by atoms with Gasteiger partial charge in [0.05, 0.1) is 12.1 Å². The Bertz CT molecular complexity index is 274. The molecule has 6 nitrogen and oxygen atoms in total. The summed E-state index contributed by atoms with van der Waals surface area (Å²) in [5, 5.41) is 23.0. The van der Waals surface area contributed by atoms with Gasteiger partial charge in [-0.05, 0) is 25.8 Å². The van der Waals surface area contributed by atoms with Crippen LogP contribution in [-0.4, -0.2) is 46.8 Å². The van der Waals surface area contributed by atoms with Gasteiger partial charge in [0, 0.05) is 0 Å². The first kappa shape index (κ1) is 12.9. The summed E-state index contributed by atoms with van der Waals surface area (Å²) in [5.74, 6) is -1.56. The van der Waals surface area contributed by atoms with E-state index in [1.165, 1.54) is 0 Å². The molecule has 0 aliphatic carbocycles. The van der Waals surface area contributed by atoms with Crippen molar-refractivity contribution < 1.29 is 19.8 Å². The lowest BCUT2D eigenvalue weighted by Gasteiger charge is -2.28. The number of carboxylic acids is 1. The summed E-state index contributed by atoms with van der Waals surface area (Å²) in [4.78, 5) is 22.6. The average molecular weight is 230 g/mol. The zero-order valence-corrected chi connectivity index (χ0v) is 9.32. The molecule has 4 N–H and O–H groups in total. The summed E-state index contributed by atoms with van der Waals surface area (Å²) in [7, 11) is 0. The number of carbonyl (C=O) groups excluding carboxylic acids is 1. The zero-order valence-electron chi connectivity index (χ0n) is 9.32. The van der Waals surface area contributed by atoms with Crippen LogP contribution in [0.4, 0.5) is 0 Å². The number of carboxylic acid groups (broad SMARTS) is 1. The number of rotatable bonds is 5. The van der Waals surface area contributed by atoms with E-state index in [1.807, 2.05) is 6.92 Å². The molecule has 0 radical (unpaired) electrons. The number of carbonyl (C=O) groups is 2. The summed E-state index contributed by atoms with van der Waals surface area (Å²) < 4.78 is 0. The molecule has 0 aromatic rings. The maximum absolute atomic E-state index is 11.9. The van der Waals surface area contributed by atoms with Gasteiger partial charge < -0.3 is 20.8 Å². The number of hydrogen-bond donors (Lipinski definition) is 4. The van der Waals surface area contributed by atoms with E-state index in [2.05, 4.69) is 10.6 Å². The number of aliphatic hydroxyl groups is 1. The predicted molar refractivity (Wildman–Crippen MR) is 56.9 cm³/mol. The second-order valence-corrected chi connectivity index (χ2v) is 4.01. The molecular weight excluding hydrogens is 212 g/mol. The van der Waals surface area contributed by atoms with Crippen LogP contribution in [0.15, 0.2) is 0 Å². The molecular formula is C10H18N2O4. The summed E-state index contributed by atoms with van der Waals surface area (Å²) in [6.45, 7) is 2.05. The Morgan fingerprint density at radius 3 is 2.62 bits per heavy atom. The van der Waals surface area contributed by atoms with Gasteiger partial charge in [0.15, 0.2) is 0 Å². The molecule has 1 fully saturated rings. The van der Waals surface area contributed by atoms with Crippen molar-refractivity contribution in [2.24, 2.45) is 0 Å². The van der Waals surface area contributed by atoms with E-state index in [0.717, 1.165) is 13.0 Å². The van der Waals surface area contributed by atoms with Gasteiger partial charge in [0.2, 0.25) is 5.91 Å². The molecule has 1 aliphatic rings. The Morgan fingerprint density at radius 2 is 2.25 bits per heavy atom. The Hall–Kier alpha value is -1.14. The van der Waals surface area contributed by atoms with Crippen LogP contribution in [0.5, 0.6) is 0 Å². The van der Waals surface area contributed by atoms with E-state index >= 15 is 0 Å². The fourth-order valence-electron chi connectivity index (χ4n) is 1.94.